The van der Waals surface area contributed by atoms with Gasteiger partial charge in [0.15, 0.2) is 16.3 Å². The minimum atomic E-state index is -3.88. The number of hydrogen-bond donors (Lipinski definition) is 1. The van der Waals surface area contributed by atoms with E-state index in [1.165, 1.54) is 36.6 Å². The van der Waals surface area contributed by atoms with E-state index in [1.54, 1.807) is 44.6 Å². The standard InChI is InChI=1S/C27H29N3O7S2/c1-5-37-14-13-30-22-16-23(35-3)24(36-4)17-25(22)38-27(30)28-26(31)18-7-6-8-19(15-18)29-39(32,33)21-11-9-20(34-2)10-12-21/h6-12,15-17,29H,5,13-14H2,1-4H3. The molecule has 4 rings (SSSR count). The third-order valence-corrected chi connectivity index (χ3v) is 8.22. The Kier molecular flexibility index (Phi) is 8.90. The van der Waals surface area contributed by atoms with Crippen molar-refractivity contribution < 1.29 is 32.2 Å². The number of thiazole rings is 1. The van der Waals surface area contributed by atoms with Gasteiger partial charge in [-0.25, -0.2) is 8.42 Å². The molecule has 3 aromatic carbocycles. The third-order valence-electron chi connectivity index (χ3n) is 5.78. The average Bonchev–Trinajstić information content (AvgIpc) is 3.27. The molecule has 10 nitrogen and oxygen atoms in total. The maximum atomic E-state index is 13.2. The van der Waals surface area contributed by atoms with Gasteiger partial charge in [-0.15, -0.1) is 0 Å². The molecular formula is C27H29N3O7S2. The molecule has 0 saturated heterocycles. The molecule has 0 aliphatic heterocycles. The van der Waals surface area contributed by atoms with Crippen LogP contribution in [0.1, 0.15) is 17.3 Å². The zero-order valence-electron chi connectivity index (χ0n) is 22.0. The molecule has 39 heavy (non-hydrogen) atoms. The SMILES string of the molecule is CCOCCn1c(=NC(=O)c2cccc(NS(=O)(=O)c3ccc(OC)cc3)c2)sc2cc(OC)c(OC)cc21. The zero-order chi connectivity index (χ0) is 28.0. The number of carbonyl (C=O) groups excluding carboxylic acids is 1. The number of benzene rings is 3. The minimum Gasteiger partial charge on any atom is -0.497 e. The van der Waals surface area contributed by atoms with Crippen molar-refractivity contribution >= 4 is 43.2 Å². The lowest BCUT2D eigenvalue weighted by atomic mass is 10.2. The predicted octanol–water partition coefficient (Wildman–Crippen LogP) is 4.31. The van der Waals surface area contributed by atoms with Crippen LogP contribution in [0.15, 0.2) is 70.6 Å². The van der Waals surface area contributed by atoms with Crippen LogP contribution in [0.4, 0.5) is 5.69 Å². The molecule has 1 aromatic heterocycles. The first-order valence-electron chi connectivity index (χ1n) is 12.0. The summed E-state index contributed by atoms with van der Waals surface area (Å²) in [6.07, 6.45) is 0. The van der Waals surface area contributed by atoms with Gasteiger partial charge in [-0.3, -0.25) is 9.52 Å². The van der Waals surface area contributed by atoms with Gasteiger partial charge in [0.2, 0.25) is 0 Å². The maximum absolute atomic E-state index is 13.2. The Morgan fingerprint density at radius 2 is 1.69 bits per heavy atom. The van der Waals surface area contributed by atoms with Crippen LogP contribution in [0.2, 0.25) is 0 Å². The van der Waals surface area contributed by atoms with E-state index in [4.69, 9.17) is 18.9 Å². The molecule has 0 aliphatic carbocycles. The molecule has 0 atom stereocenters. The van der Waals surface area contributed by atoms with E-state index in [-0.39, 0.29) is 16.1 Å². The van der Waals surface area contributed by atoms with Crippen molar-refractivity contribution in [2.45, 2.75) is 18.4 Å². The van der Waals surface area contributed by atoms with Gasteiger partial charge in [-0.2, -0.15) is 4.99 Å². The van der Waals surface area contributed by atoms with Gasteiger partial charge in [0.05, 0.1) is 43.0 Å². The molecule has 0 radical (unpaired) electrons. The first-order chi connectivity index (χ1) is 18.8. The summed E-state index contributed by atoms with van der Waals surface area (Å²) >= 11 is 1.33. The molecule has 0 bridgehead atoms. The number of amides is 1. The highest BCUT2D eigenvalue weighted by Gasteiger charge is 2.17. The van der Waals surface area contributed by atoms with E-state index in [0.717, 1.165) is 10.2 Å². The van der Waals surface area contributed by atoms with Crippen LogP contribution >= 0.6 is 11.3 Å². The molecule has 0 saturated carbocycles. The van der Waals surface area contributed by atoms with Crippen LogP contribution in [-0.4, -0.2) is 53.4 Å². The Morgan fingerprint density at radius 1 is 0.974 bits per heavy atom. The fraction of sp³-hybridized carbons (Fsp3) is 0.259. The fourth-order valence-electron chi connectivity index (χ4n) is 3.83. The van der Waals surface area contributed by atoms with Crippen LogP contribution in [0, 0.1) is 0 Å². The summed E-state index contributed by atoms with van der Waals surface area (Å²) in [5.74, 6) is 1.15. The molecule has 1 amide bonds. The number of rotatable bonds is 11. The monoisotopic (exact) mass is 571 g/mol. The molecule has 0 unspecified atom stereocenters. The highest BCUT2D eigenvalue weighted by molar-refractivity contribution is 7.92. The van der Waals surface area contributed by atoms with E-state index in [9.17, 15) is 13.2 Å². The van der Waals surface area contributed by atoms with Crippen LogP contribution < -0.4 is 23.7 Å². The molecule has 12 heteroatoms. The van der Waals surface area contributed by atoms with E-state index < -0.39 is 15.9 Å². The van der Waals surface area contributed by atoms with E-state index in [0.29, 0.717) is 41.8 Å². The van der Waals surface area contributed by atoms with Gasteiger partial charge in [0.25, 0.3) is 15.9 Å². The largest absolute Gasteiger partial charge is 0.497 e. The molecular weight excluding hydrogens is 542 g/mol. The second-order valence-electron chi connectivity index (χ2n) is 8.19. The Labute approximate surface area is 230 Å². The molecule has 0 aliphatic rings. The number of ether oxygens (including phenoxy) is 4. The molecule has 4 aromatic rings. The van der Waals surface area contributed by atoms with Crippen LogP contribution in [0.5, 0.6) is 17.2 Å². The number of methoxy groups -OCH3 is 3. The van der Waals surface area contributed by atoms with Crippen molar-refractivity contribution in [2.24, 2.45) is 4.99 Å². The highest BCUT2D eigenvalue weighted by atomic mass is 32.2. The fourth-order valence-corrected chi connectivity index (χ4v) is 5.95. The summed E-state index contributed by atoms with van der Waals surface area (Å²) in [5, 5.41) is 0. The molecule has 0 spiro atoms. The quantitative estimate of drug-likeness (QED) is 0.267. The topological polar surface area (TPSA) is 117 Å². The van der Waals surface area contributed by atoms with Crippen LogP contribution in [-0.2, 0) is 21.3 Å². The van der Waals surface area contributed by atoms with Gasteiger partial charge >= 0.3 is 0 Å². The van der Waals surface area contributed by atoms with Crippen molar-refractivity contribution in [3.63, 3.8) is 0 Å². The van der Waals surface area contributed by atoms with E-state index >= 15 is 0 Å². The Hall–Kier alpha value is -3.87. The summed E-state index contributed by atoms with van der Waals surface area (Å²) < 4.78 is 52.5. The Balaban J connectivity index is 1.68. The Morgan fingerprint density at radius 3 is 2.36 bits per heavy atom. The number of nitrogens with one attached hydrogen (secondary N) is 1. The number of nitrogens with zero attached hydrogens (tertiary/aromatic N) is 2. The smallest absolute Gasteiger partial charge is 0.279 e. The predicted molar refractivity (Wildman–Crippen MR) is 150 cm³/mol. The van der Waals surface area contributed by atoms with Gasteiger partial charge < -0.3 is 23.5 Å². The van der Waals surface area contributed by atoms with E-state index in [1.807, 2.05) is 23.6 Å². The number of anilines is 1. The summed E-state index contributed by atoms with van der Waals surface area (Å²) in [7, 11) is 0.747. The first-order valence-corrected chi connectivity index (χ1v) is 14.3. The lowest BCUT2D eigenvalue weighted by Crippen LogP contribution is -2.20. The second kappa shape index (κ2) is 12.3. The molecule has 206 valence electrons. The number of carbonyl (C=O) groups is 1. The number of aromatic nitrogens is 1. The van der Waals surface area contributed by atoms with E-state index in [2.05, 4.69) is 9.71 Å². The first kappa shape index (κ1) is 28.1. The maximum Gasteiger partial charge on any atom is 0.279 e. The number of fused-ring (bicyclic) bond motifs is 1. The lowest BCUT2D eigenvalue weighted by molar-refractivity contribution is 0.0996. The Bertz CT molecular complexity index is 1640. The van der Waals surface area contributed by atoms with Crippen molar-refractivity contribution in [1.82, 2.24) is 4.57 Å². The van der Waals surface area contributed by atoms with Gasteiger partial charge in [-0.05, 0) is 49.4 Å². The molecule has 0 fully saturated rings. The minimum absolute atomic E-state index is 0.0659. The highest BCUT2D eigenvalue weighted by Crippen LogP contribution is 2.33. The third kappa shape index (κ3) is 6.41. The molecule has 1 N–H and O–H groups in total. The lowest BCUT2D eigenvalue weighted by Gasteiger charge is -2.10. The number of hydrogen-bond acceptors (Lipinski definition) is 8. The van der Waals surface area contributed by atoms with Crippen molar-refractivity contribution in [3.8, 4) is 17.2 Å². The van der Waals surface area contributed by atoms with Crippen LogP contribution in [0.3, 0.4) is 0 Å². The molecule has 1 heterocycles. The normalized spacial score (nSPS) is 11.9. The zero-order valence-corrected chi connectivity index (χ0v) is 23.6. The van der Waals surface area contributed by atoms with Gasteiger partial charge in [0, 0.05) is 36.5 Å². The number of sulfonamides is 1. The van der Waals surface area contributed by atoms with Crippen molar-refractivity contribution in [3.05, 3.63) is 71.0 Å². The van der Waals surface area contributed by atoms with Gasteiger partial charge in [-0.1, -0.05) is 17.4 Å². The summed E-state index contributed by atoms with van der Waals surface area (Å²) in [6.45, 7) is 3.37. The summed E-state index contributed by atoms with van der Waals surface area (Å²) in [5.41, 5.74) is 1.29. The summed E-state index contributed by atoms with van der Waals surface area (Å²) in [4.78, 5) is 18.2. The van der Waals surface area contributed by atoms with Crippen LogP contribution in [0.25, 0.3) is 10.2 Å². The average molecular weight is 572 g/mol. The summed E-state index contributed by atoms with van der Waals surface area (Å²) in [6, 6.07) is 15.9. The van der Waals surface area contributed by atoms with Crippen molar-refractivity contribution in [1.29, 1.82) is 0 Å². The van der Waals surface area contributed by atoms with Gasteiger partial charge in [0.1, 0.15) is 5.75 Å². The van der Waals surface area contributed by atoms with Crippen molar-refractivity contribution in [2.75, 3.05) is 39.3 Å². The second-order valence-corrected chi connectivity index (χ2v) is 10.9.